The molecule has 1 N–H and O–H groups in total. The second kappa shape index (κ2) is 5.58. The zero-order chi connectivity index (χ0) is 13.9. The Morgan fingerprint density at radius 2 is 2.35 bits per heavy atom. The number of rotatable bonds is 5. The average Bonchev–Trinajstić information content (AvgIpc) is 3.00. The number of nitrogens with one attached hydrogen (secondary N) is 1. The van der Waals surface area contributed by atoms with Gasteiger partial charge in [-0.05, 0) is 25.1 Å². The zero-order valence-corrected chi connectivity index (χ0v) is 11.2. The maximum atomic E-state index is 13.1. The van der Waals surface area contributed by atoms with Gasteiger partial charge >= 0.3 is 0 Å². The maximum absolute atomic E-state index is 13.1. The van der Waals surface area contributed by atoms with Crippen molar-refractivity contribution in [2.45, 2.75) is 25.9 Å². The lowest BCUT2D eigenvalue weighted by Gasteiger charge is -2.11. The Labute approximate surface area is 116 Å². The molecule has 0 aliphatic carbocycles. The summed E-state index contributed by atoms with van der Waals surface area (Å²) in [5.41, 5.74) is 0.935. The van der Waals surface area contributed by atoms with Gasteiger partial charge in [0.1, 0.15) is 17.7 Å². The number of ether oxygens (including phenoxy) is 1. The molecule has 6 heteroatoms. The molecule has 1 unspecified atom stereocenters. The Balaban J connectivity index is 1.42. The molecule has 2 heterocycles. The van der Waals surface area contributed by atoms with Crippen LogP contribution in [0.1, 0.15) is 17.3 Å². The van der Waals surface area contributed by atoms with Crippen LogP contribution in [0.3, 0.4) is 0 Å². The summed E-state index contributed by atoms with van der Waals surface area (Å²) in [6.07, 6.45) is 1.48. The van der Waals surface area contributed by atoms with E-state index in [1.807, 2.05) is 0 Å². The topological polar surface area (TPSA) is 60.2 Å². The van der Waals surface area contributed by atoms with Crippen molar-refractivity contribution in [3.63, 3.8) is 0 Å². The molecule has 1 aromatic heterocycles. The summed E-state index contributed by atoms with van der Waals surface area (Å²) in [7, 11) is 0. The van der Waals surface area contributed by atoms with Gasteiger partial charge in [0.05, 0.1) is 0 Å². The third-order valence-corrected chi connectivity index (χ3v) is 3.22. The van der Waals surface area contributed by atoms with Crippen LogP contribution in [0.15, 0.2) is 22.7 Å². The molecule has 0 amide bonds. The summed E-state index contributed by atoms with van der Waals surface area (Å²) in [6.45, 7) is 3.25. The quantitative estimate of drug-likeness (QED) is 0.842. The van der Waals surface area contributed by atoms with Crippen LogP contribution in [0.4, 0.5) is 4.39 Å². The van der Waals surface area contributed by atoms with E-state index in [4.69, 9.17) is 9.26 Å². The monoisotopic (exact) mass is 277 g/mol. The standard InChI is InChI=1S/C14H16FN3O2/c1-9-17-14(20-18-9)4-5-16-8-12-7-10-6-11(15)2-3-13(10)19-12/h2-3,6,12,16H,4-5,7-8H2,1H3. The molecular formula is C14H16FN3O2. The van der Waals surface area contributed by atoms with Crippen molar-refractivity contribution in [3.05, 3.63) is 41.3 Å². The van der Waals surface area contributed by atoms with Crippen LogP contribution in [0.25, 0.3) is 0 Å². The van der Waals surface area contributed by atoms with Gasteiger partial charge in [0.25, 0.3) is 0 Å². The highest BCUT2D eigenvalue weighted by atomic mass is 19.1. The first-order valence-electron chi connectivity index (χ1n) is 6.66. The molecule has 0 radical (unpaired) electrons. The van der Waals surface area contributed by atoms with Crippen molar-refractivity contribution in [2.75, 3.05) is 13.1 Å². The predicted octanol–water partition coefficient (Wildman–Crippen LogP) is 1.65. The van der Waals surface area contributed by atoms with E-state index in [1.165, 1.54) is 12.1 Å². The van der Waals surface area contributed by atoms with E-state index in [0.717, 1.165) is 24.3 Å². The molecule has 0 saturated heterocycles. The van der Waals surface area contributed by atoms with Gasteiger partial charge in [0, 0.05) is 31.5 Å². The highest BCUT2D eigenvalue weighted by Crippen LogP contribution is 2.28. The Morgan fingerprint density at radius 3 is 3.15 bits per heavy atom. The van der Waals surface area contributed by atoms with E-state index in [9.17, 15) is 4.39 Å². The number of hydrogen-bond acceptors (Lipinski definition) is 5. The molecule has 2 aromatic rings. The minimum atomic E-state index is -0.215. The first kappa shape index (κ1) is 13.1. The fourth-order valence-electron chi connectivity index (χ4n) is 2.30. The molecule has 0 fully saturated rings. The van der Waals surface area contributed by atoms with Gasteiger partial charge in [-0.15, -0.1) is 0 Å². The molecule has 0 saturated carbocycles. The van der Waals surface area contributed by atoms with Crippen LogP contribution in [-0.4, -0.2) is 29.3 Å². The first-order chi connectivity index (χ1) is 9.70. The van der Waals surface area contributed by atoms with Crippen LogP contribution in [0.5, 0.6) is 5.75 Å². The molecule has 106 valence electrons. The second-order valence-corrected chi connectivity index (χ2v) is 4.89. The lowest BCUT2D eigenvalue weighted by Crippen LogP contribution is -2.31. The summed E-state index contributed by atoms with van der Waals surface area (Å²) >= 11 is 0. The van der Waals surface area contributed by atoms with Gasteiger partial charge in [-0.1, -0.05) is 5.16 Å². The normalized spacial score (nSPS) is 17.0. The fourth-order valence-corrected chi connectivity index (χ4v) is 2.30. The summed E-state index contributed by atoms with van der Waals surface area (Å²) in [4.78, 5) is 4.13. The first-order valence-corrected chi connectivity index (χ1v) is 6.66. The van der Waals surface area contributed by atoms with E-state index < -0.39 is 0 Å². The summed E-state index contributed by atoms with van der Waals surface area (Å²) in [5.74, 6) is 1.85. The van der Waals surface area contributed by atoms with Crippen LogP contribution in [0, 0.1) is 12.7 Å². The third kappa shape index (κ3) is 2.96. The van der Waals surface area contributed by atoms with E-state index in [0.29, 0.717) is 24.7 Å². The van der Waals surface area contributed by atoms with Crippen molar-refractivity contribution in [2.24, 2.45) is 0 Å². The van der Waals surface area contributed by atoms with E-state index >= 15 is 0 Å². The highest BCUT2D eigenvalue weighted by molar-refractivity contribution is 5.37. The number of nitrogens with zero attached hydrogens (tertiary/aromatic N) is 2. The Kier molecular flexibility index (Phi) is 3.64. The van der Waals surface area contributed by atoms with Gasteiger partial charge < -0.3 is 14.6 Å². The van der Waals surface area contributed by atoms with Crippen molar-refractivity contribution in [3.8, 4) is 5.75 Å². The lowest BCUT2D eigenvalue weighted by atomic mass is 10.1. The molecule has 1 aliphatic heterocycles. The van der Waals surface area contributed by atoms with Crippen molar-refractivity contribution in [1.82, 2.24) is 15.5 Å². The van der Waals surface area contributed by atoms with Gasteiger partial charge in [-0.2, -0.15) is 4.98 Å². The number of fused-ring (bicyclic) bond motifs is 1. The maximum Gasteiger partial charge on any atom is 0.227 e. The minimum Gasteiger partial charge on any atom is -0.488 e. The van der Waals surface area contributed by atoms with Crippen LogP contribution in [-0.2, 0) is 12.8 Å². The van der Waals surface area contributed by atoms with Gasteiger partial charge in [-0.3, -0.25) is 0 Å². The SMILES string of the molecule is Cc1noc(CCNCC2Cc3cc(F)ccc3O2)n1. The van der Waals surface area contributed by atoms with Crippen LogP contribution >= 0.6 is 0 Å². The molecule has 0 spiro atoms. The number of halogens is 1. The third-order valence-electron chi connectivity index (χ3n) is 3.22. The fraction of sp³-hybridized carbons (Fsp3) is 0.429. The molecule has 1 aromatic carbocycles. The van der Waals surface area contributed by atoms with Crippen LogP contribution < -0.4 is 10.1 Å². The number of aromatic nitrogens is 2. The minimum absolute atomic E-state index is 0.0521. The molecular weight excluding hydrogens is 261 g/mol. The highest BCUT2D eigenvalue weighted by Gasteiger charge is 2.22. The Morgan fingerprint density at radius 1 is 1.45 bits per heavy atom. The van der Waals surface area contributed by atoms with Gasteiger partial charge in [-0.25, -0.2) is 4.39 Å². The number of aryl methyl sites for hydroxylation is 1. The van der Waals surface area contributed by atoms with E-state index in [1.54, 1.807) is 13.0 Å². The van der Waals surface area contributed by atoms with E-state index in [2.05, 4.69) is 15.5 Å². The predicted molar refractivity (Wildman–Crippen MR) is 70.1 cm³/mol. The van der Waals surface area contributed by atoms with Crippen molar-refractivity contribution >= 4 is 0 Å². The Bertz CT molecular complexity index is 600. The molecule has 20 heavy (non-hydrogen) atoms. The van der Waals surface area contributed by atoms with Gasteiger partial charge in [0.2, 0.25) is 5.89 Å². The van der Waals surface area contributed by atoms with Crippen molar-refractivity contribution in [1.29, 1.82) is 0 Å². The van der Waals surface area contributed by atoms with Crippen molar-refractivity contribution < 1.29 is 13.7 Å². The second-order valence-electron chi connectivity index (χ2n) is 4.89. The van der Waals surface area contributed by atoms with E-state index in [-0.39, 0.29) is 11.9 Å². The zero-order valence-electron chi connectivity index (χ0n) is 11.2. The smallest absolute Gasteiger partial charge is 0.227 e. The molecule has 3 rings (SSSR count). The summed E-state index contributed by atoms with van der Waals surface area (Å²) in [5, 5.41) is 7.02. The Hall–Kier alpha value is -1.95. The molecule has 5 nitrogen and oxygen atoms in total. The molecule has 1 atom stereocenters. The van der Waals surface area contributed by atoms with Crippen LogP contribution in [0.2, 0.25) is 0 Å². The summed E-state index contributed by atoms with van der Waals surface area (Å²) in [6, 6.07) is 4.65. The molecule has 1 aliphatic rings. The summed E-state index contributed by atoms with van der Waals surface area (Å²) < 4.78 is 23.9. The largest absolute Gasteiger partial charge is 0.488 e. The lowest BCUT2D eigenvalue weighted by molar-refractivity contribution is 0.227. The number of benzene rings is 1. The van der Waals surface area contributed by atoms with Gasteiger partial charge in [0.15, 0.2) is 5.82 Å². The average molecular weight is 277 g/mol. The number of hydrogen-bond donors (Lipinski definition) is 1. The molecule has 0 bridgehead atoms.